The number of amides is 1. The van der Waals surface area contributed by atoms with Gasteiger partial charge in [0, 0.05) is 12.1 Å². The minimum atomic E-state index is -0.342. The largest absolute Gasteiger partial charge is 0.354 e. The lowest BCUT2D eigenvalue weighted by molar-refractivity contribution is -0.121. The molecule has 4 rings (SSSR count). The predicted molar refractivity (Wildman–Crippen MR) is 113 cm³/mol. The molecule has 1 amide bonds. The Kier molecular flexibility index (Phi) is 5.12. The predicted octanol–water partition coefficient (Wildman–Crippen LogP) is 2.87. The van der Waals surface area contributed by atoms with Gasteiger partial charge in [0.2, 0.25) is 5.91 Å². The second kappa shape index (κ2) is 7.87. The molecule has 29 heavy (non-hydrogen) atoms. The van der Waals surface area contributed by atoms with Crippen LogP contribution >= 0.6 is 0 Å². The van der Waals surface area contributed by atoms with E-state index in [0.717, 1.165) is 22.8 Å². The summed E-state index contributed by atoms with van der Waals surface area (Å²) >= 11 is 0. The van der Waals surface area contributed by atoms with E-state index in [0.29, 0.717) is 23.7 Å². The number of hydrogen-bond acceptors (Lipinski definition) is 4. The lowest BCUT2D eigenvalue weighted by atomic mass is 10.0. The highest BCUT2D eigenvalue weighted by Crippen LogP contribution is 2.27. The third kappa shape index (κ3) is 3.89. The first-order valence-corrected chi connectivity index (χ1v) is 9.73. The molecule has 0 fully saturated rings. The summed E-state index contributed by atoms with van der Waals surface area (Å²) in [6.45, 7) is 4.67. The molecule has 0 bridgehead atoms. The summed E-state index contributed by atoms with van der Waals surface area (Å²) in [7, 11) is 0. The van der Waals surface area contributed by atoms with Gasteiger partial charge in [0.05, 0.1) is 5.69 Å². The van der Waals surface area contributed by atoms with Crippen molar-refractivity contribution in [2.45, 2.75) is 26.8 Å². The fourth-order valence-electron chi connectivity index (χ4n) is 3.32. The van der Waals surface area contributed by atoms with Gasteiger partial charge in [-0.25, -0.2) is 9.20 Å². The molecule has 0 unspecified atom stereocenters. The number of carbonyl (C=O) groups excluding carboxylic acids is 1. The van der Waals surface area contributed by atoms with Crippen molar-refractivity contribution in [3.8, 4) is 11.3 Å². The van der Waals surface area contributed by atoms with E-state index in [-0.39, 0.29) is 18.0 Å². The topological polar surface area (TPSA) is 81.3 Å². The first-order chi connectivity index (χ1) is 14.0. The fraction of sp³-hybridized carbons (Fsp3) is 0.273. The van der Waals surface area contributed by atoms with Crippen molar-refractivity contribution in [3.05, 3.63) is 65.2 Å². The molecule has 148 valence electrons. The number of nitrogens with zero attached hydrogens (tertiary/aromatic N) is 4. The number of hydrogen-bond donors (Lipinski definition) is 1. The van der Waals surface area contributed by atoms with Crippen molar-refractivity contribution in [1.29, 1.82) is 0 Å². The van der Waals surface area contributed by atoms with Crippen LogP contribution in [0.4, 0.5) is 0 Å². The second-order valence-electron chi connectivity index (χ2n) is 7.51. The lowest BCUT2D eigenvalue weighted by Crippen LogP contribution is -2.34. The lowest BCUT2D eigenvalue weighted by Gasteiger charge is -2.08. The molecule has 2 aromatic heterocycles. The van der Waals surface area contributed by atoms with Crippen LogP contribution in [0.25, 0.3) is 27.5 Å². The zero-order chi connectivity index (χ0) is 20.4. The summed E-state index contributed by atoms with van der Waals surface area (Å²) in [4.78, 5) is 24.9. The Hall–Kier alpha value is -3.48. The quantitative estimate of drug-likeness (QED) is 0.550. The van der Waals surface area contributed by atoms with E-state index >= 15 is 0 Å². The zero-order valence-electron chi connectivity index (χ0n) is 16.5. The molecule has 0 aliphatic rings. The number of carbonyl (C=O) groups is 1. The van der Waals surface area contributed by atoms with Crippen LogP contribution in [0, 0.1) is 5.92 Å². The highest BCUT2D eigenvalue weighted by Gasteiger charge is 2.13. The molecule has 0 saturated carbocycles. The van der Waals surface area contributed by atoms with Gasteiger partial charge in [-0.3, -0.25) is 9.59 Å². The number of fused-ring (bicyclic) bond motifs is 2. The molecule has 2 heterocycles. The number of benzene rings is 2. The standard InChI is InChI=1S/C22H23N5O2/c1-15(2)10-11-23-21(28)13-26-22(29)20-12-19(25-27(20)14-24-26)18-9-5-7-16-6-3-4-8-17(16)18/h3-9,12,14-15H,10-11,13H2,1-2H3,(H,23,28). The van der Waals surface area contributed by atoms with Gasteiger partial charge in [-0.1, -0.05) is 56.3 Å². The van der Waals surface area contributed by atoms with Crippen LogP contribution in [0.2, 0.25) is 0 Å². The third-order valence-electron chi connectivity index (χ3n) is 4.89. The van der Waals surface area contributed by atoms with Gasteiger partial charge >= 0.3 is 0 Å². The van der Waals surface area contributed by atoms with Gasteiger partial charge in [-0.2, -0.15) is 10.2 Å². The molecular formula is C22H23N5O2. The van der Waals surface area contributed by atoms with E-state index in [2.05, 4.69) is 29.4 Å². The van der Waals surface area contributed by atoms with Crippen molar-refractivity contribution in [3.63, 3.8) is 0 Å². The molecule has 0 atom stereocenters. The van der Waals surface area contributed by atoms with E-state index in [1.807, 2.05) is 42.5 Å². The molecule has 0 aliphatic heterocycles. The Bertz CT molecular complexity index is 1230. The maximum atomic E-state index is 12.8. The Morgan fingerprint density at radius 1 is 1.14 bits per heavy atom. The van der Waals surface area contributed by atoms with Gasteiger partial charge in [-0.15, -0.1) is 0 Å². The van der Waals surface area contributed by atoms with E-state index in [9.17, 15) is 9.59 Å². The van der Waals surface area contributed by atoms with Crippen molar-refractivity contribution >= 4 is 22.2 Å². The van der Waals surface area contributed by atoms with Crippen molar-refractivity contribution in [2.75, 3.05) is 6.54 Å². The van der Waals surface area contributed by atoms with Crippen LogP contribution in [-0.4, -0.2) is 31.8 Å². The van der Waals surface area contributed by atoms with E-state index in [1.165, 1.54) is 15.5 Å². The first-order valence-electron chi connectivity index (χ1n) is 9.73. The molecule has 7 nitrogen and oxygen atoms in total. The van der Waals surface area contributed by atoms with Crippen LogP contribution in [0.5, 0.6) is 0 Å². The van der Waals surface area contributed by atoms with Crippen LogP contribution in [0.15, 0.2) is 59.7 Å². The van der Waals surface area contributed by atoms with Crippen molar-refractivity contribution in [2.24, 2.45) is 5.92 Å². The normalized spacial score (nSPS) is 11.4. The number of aromatic nitrogens is 4. The van der Waals surface area contributed by atoms with Crippen molar-refractivity contribution < 1.29 is 4.79 Å². The maximum Gasteiger partial charge on any atom is 0.293 e. The van der Waals surface area contributed by atoms with Crippen LogP contribution in [0.1, 0.15) is 20.3 Å². The Morgan fingerprint density at radius 3 is 2.76 bits per heavy atom. The van der Waals surface area contributed by atoms with E-state index in [1.54, 1.807) is 6.07 Å². The van der Waals surface area contributed by atoms with Gasteiger partial charge in [0.15, 0.2) is 0 Å². The fourth-order valence-corrected chi connectivity index (χ4v) is 3.32. The summed E-state index contributed by atoms with van der Waals surface area (Å²) in [5.74, 6) is 0.283. The van der Waals surface area contributed by atoms with E-state index < -0.39 is 0 Å². The number of rotatable bonds is 6. The Morgan fingerprint density at radius 2 is 1.93 bits per heavy atom. The van der Waals surface area contributed by atoms with Crippen LogP contribution in [-0.2, 0) is 11.3 Å². The average molecular weight is 389 g/mol. The smallest absolute Gasteiger partial charge is 0.293 e. The monoisotopic (exact) mass is 389 g/mol. The molecule has 1 N–H and O–H groups in total. The molecule has 2 aromatic carbocycles. The molecule has 0 spiro atoms. The average Bonchev–Trinajstić information content (AvgIpc) is 3.14. The van der Waals surface area contributed by atoms with Crippen molar-refractivity contribution in [1.82, 2.24) is 24.7 Å². The SMILES string of the molecule is CC(C)CCNC(=O)Cn1ncn2nc(-c3cccc4ccccc34)cc2c1=O. The molecule has 7 heteroatoms. The zero-order valence-corrected chi connectivity index (χ0v) is 16.5. The highest BCUT2D eigenvalue weighted by atomic mass is 16.2. The molecule has 4 aromatic rings. The second-order valence-corrected chi connectivity index (χ2v) is 7.51. The minimum Gasteiger partial charge on any atom is -0.354 e. The van der Waals surface area contributed by atoms with Gasteiger partial charge < -0.3 is 5.32 Å². The number of nitrogens with one attached hydrogen (secondary N) is 1. The first kappa shape index (κ1) is 18.9. The summed E-state index contributed by atoms with van der Waals surface area (Å²) in [5, 5.41) is 13.6. The third-order valence-corrected chi connectivity index (χ3v) is 4.89. The molecule has 0 saturated heterocycles. The maximum absolute atomic E-state index is 12.8. The van der Waals surface area contributed by atoms with Gasteiger partial charge in [0.25, 0.3) is 5.56 Å². The summed E-state index contributed by atoms with van der Waals surface area (Å²) in [6, 6.07) is 15.8. The van der Waals surface area contributed by atoms with Gasteiger partial charge in [0.1, 0.15) is 18.4 Å². The summed E-state index contributed by atoms with van der Waals surface area (Å²) < 4.78 is 2.64. The summed E-state index contributed by atoms with van der Waals surface area (Å²) in [6.07, 6.45) is 2.36. The Balaban J connectivity index is 1.64. The molecular weight excluding hydrogens is 366 g/mol. The Labute approximate surface area is 168 Å². The van der Waals surface area contributed by atoms with Crippen LogP contribution in [0.3, 0.4) is 0 Å². The summed E-state index contributed by atoms with van der Waals surface area (Å²) in [5.41, 5.74) is 1.69. The van der Waals surface area contributed by atoms with Gasteiger partial charge in [-0.05, 0) is 29.2 Å². The molecule has 0 aliphatic carbocycles. The highest BCUT2D eigenvalue weighted by molar-refractivity contribution is 5.96. The van der Waals surface area contributed by atoms with Crippen LogP contribution < -0.4 is 10.9 Å². The molecule has 0 radical (unpaired) electrons. The minimum absolute atomic E-state index is 0.109. The van der Waals surface area contributed by atoms with E-state index in [4.69, 9.17) is 0 Å².